The van der Waals surface area contributed by atoms with E-state index in [1.165, 1.54) is 0 Å². The van der Waals surface area contributed by atoms with E-state index in [0.717, 1.165) is 25.4 Å². The van der Waals surface area contributed by atoms with Gasteiger partial charge in [0.2, 0.25) is 0 Å². The lowest BCUT2D eigenvalue weighted by Gasteiger charge is -2.45. The molecule has 5 nitrogen and oxygen atoms in total. The molecule has 2 heterocycles. The van der Waals surface area contributed by atoms with Crippen molar-refractivity contribution < 1.29 is 14.3 Å². The van der Waals surface area contributed by atoms with Crippen molar-refractivity contribution in [2.45, 2.75) is 38.4 Å². The highest BCUT2D eigenvalue weighted by molar-refractivity contribution is 5.67. The molecule has 0 amide bonds. The van der Waals surface area contributed by atoms with Crippen LogP contribution >= 0.6 is 0 Å². The fraction of sp³-hybridized carbons (Fsp3) is 0.615. The third kappa shape index (κ3) is 3.11. The van der Waals surface area contributed by atoms with E-state index < -0.39 is 5.97 Å². The quantitative estimate of drug-likeness (QED) is 0.845. The fourth-order valence-corrected chi connectivity index (χ4v) is 2.30. The van der Waals surface area contributed by atoms with Gasteiger partial charge >= 0.3 is 5.97 Å². The zero-order valence-corrected chi connectivity index (χ0v) is 10.8. The lowest BCUT2D eigenvalue weighted by atomic mass is 9.96. The second-order valence-corrected chi connectivity index (χ2v) is 5.45. The number of hydrogen-bond donors (Lipinski definition) is 2. The highest BCUT2D eigenvalue weighted by Crippen LogP contribution is 2.22. The second-order valence-electron chi connectivity index (χ2n) is 5.45. The number of piperazine rings is 1. The van der Waals surface area contributed by atoms with E-state index in [1.807, 2.05) is 12.1 Å². The van der Waals surface area contributed by atoms with Crippen LogP contribution in [0.2, 0.25) is 0 Å². The second kappa shape index (κ2) is 5.12. The number of nitrogens with zero attached hydrogens (tertiary/aromatic N) is 1. The first kappa shape index (κ1) is 13.1. The molecule has 0 aliphatic carbocycles. The highest BCUT2D eigenvalue weighted by atomic mass is 16.4. The molecule has 1 aromatic heterocycles. The summed E-state index contributed by atoms with van der Waals surface area (Å²) in [7, 11) is 0. The third-order valence-corrected chi connectivity index (χ3v) is 3.47. The maximum absolute atomic E-state index is 10.8. The number of hydrogen-bond acceptors (Lipinski definition) is 4. The van der Waals surface area contributed by atoms with E-state index in [0.29, 0.717) is 0 Å². The van der Waals surface area contributed by atoms with Gasteiger partial charge in [-0.2, -0.15) is 0 Å². The van der Waals surface area contributed by atoms with Gasteiger partial charge in [0.05, 0.1) is 19.2 Å². The Morgan fingerprint density at radius 2 is 2.44 bits per heavy atom. The number of rotatable bonds is 4. The average Bonchev–Trinajstić information content (AvgIpc) is 2.75. The molecule has 1 fully saturated rings. The Morgan fingerprint density at radius 3 is 3.06 bits per heavy atom. The summed E-state index contributed by atoms with van der Waals surface area (Å²) in [6.45, 7) is 6.53. The van der Waals surface area contributed by atoms with Crippen molar-refractivity contribution >= 4 is 5.97 Å². The topological polar surface area (TPSA) is 65.7 Å². The summed E-state index contributed by atoms with van der Waals surface area (Å²) in [4.78, 5) is 13.0. The maximum Gasteiger partial charge on any atom is 0.304 e. The molecular weight excluding hydrogens is 232 g/mol. The minimum absolute atomic E-state index is 0.00178. The summed E-state index contributed by atoms with van der Waals surface area (Å²) in [6.07, 6.45) is 1.82. The Morgan fingerprint density at radius 1 is 1.67 bits per heavy atom. The molecule has 0 bridgehead atoms. The highest BCUT2D eigenvalue weighted by Gasteiger charge is 2.34. The van der Waals surface area contributed by atoms with Gasteiger partial charge in [-0.3, -0.25) is 9.69 Å². The van der Waals surface area contributed by atoms with Crippen molar-refractivity contribution in [2.24, 2.45) is 0 Å². The Kier molecular flexibility index (Phi) is 3.73. The standard InChI is InChI=1S/C13H20N2O3/c1-13(2)9-14-10(6-12(16)17)7-15(13)8-11-4-3-5-18-11/h3-5,10,14H,6-9H2,1-2H3,(H,16,17). The maximum atomic E-state index is 10.8. The van der Waals surface area contributed by atoms with E-state index >= 15 is 0 Å². The van der Waals surface area contributed by atoms with E-state index in [-0.39, 0.29) is 18.0 Å². The van der Waals surface area contributed by atoms with Crippen LogP contribution in [0, 0.1) is 0 Å². The van der Waals surface area contributed by atoms with Crippen LogP contribution in [0.15, 0.2) is 22.8 Å². The summed E-state index contributed by atoms with van der Waals surface area (Å²) in [6, 6.07) is 3.83. The van der Waals surface area contributed by atoms with E-state index in [9.17, 15) is 4.79 Å². The van der Waals surface area contributed by atoms with Gasteiger partial charge in [-0.25, -0.2) is 0 Å². The first-order chi connectivity index (χ1) is 8.47. The first-order valence-corrected chi connectivity index (χ1v) is 6.20. The number of carboxylic acids is 1. The van der Waals surface area contributed by atoms with Gasteiger partial charge in [0.15, 0.2) is 0 Å². The summed E-state index contributed by atoms with van der Waals surface area (Å²) < 4.78 is 5.37. The summed E-state index contributed by atoms with van der Waals surface area (Å²) in [5.74, 6) is 0.157. The van der Waals surface area contributed by atoms with Crippen LogP contribution in [0.3, 0.4) is 0 Å². The molecule has 1 aromatic rings. The SMILES string of the molecule is CC1(C)CNC(CC(=O)O)CN1Cc1ccco1. The summed E-state index contributed by atoms with van der Waals surface area (Å²) >= 11 is 0. The molecular formula is C13H20N2O3. The number of aliphatic carboxylic acids is 1. The molecule has 2 rings (SSSR count). The fourth-order valence-electron chi connectivity index (χ4n) is 2.30. The van der Waals surface area contributed by atoms with Gasteiger partial charge in [-0.05, 0) is 26.0 Å². The molecule has 0 aromatic carbocycles. The van der Waals surface area contributed by atoms with Crippen LogP contribution in [0.25, 0.3) is 0 Å². The molecule has 0 spiro atoms. The zero-order chi connectivity index (χ0) is 13.2. The number of furan rings is 1. The van der Waals surface area contributed by atoms with Crippen molar-refractivity contribution in [3.63, 3.8) is 0 Å². The number of carboxylic acid groups (broad SMARTS) is 1. The van der Waals surface area contributed by atoms with Crippen LogP contribution in [0.4, 0.5) is 0 Å². The van der Waals surface area contributed by atoms with Crippen molar-refractivity contribution in [3.8, 4) is 0 Å². The van der Waals surface area contributed by atoms with Crippen LogP contribution in [0.1, 0.15) is 26.0 Å². The molecule has 1 atom stereocenters. The van der Waals surface area contributed by atoms with Crippen molar-refractivity contribution in [1.82, 2.24) is 10.2 Å². The van der Waals surface area contributed by atoms with Crippen LogP contribution in [0.5, 0.6) is 0 Å². The molecule has 1 aliphatic heterocycles. The molecule has 5 heteroatoms. The zero-order valence-electron chi connectivity index (χ0n) is 10.8. The molecule has 18 heavy (non-hydrogen) atoms. The molecule has 1 saturated heterocycles. The van der Waals surface area contributed by atoms with Gasteiger partial charge < -0.3 is 14.8 Å². The van der Waals surface area contributed by atoms with E-state index in [4.69, 9.17) is 9.52 Å². The van der Waals surface area contributed by atoms with Gasteiger partial charge in [0.1, 0.15) is 5.76 Å². The monoisotopic (exact) mass is 252 g/mol. The van der Waals surface area contributed by atoms with Crippen molar-refractivity contribution in [1.29, 1.82) is 0 Å². The molecule has 0 radical (unpaired) electrons. The Labute approximate surface area is 107 Å². The smallest absolute Gasteiger partial charge is 0.304 e. The number of carbonyl (C=O) groups is 1. The molecule has 0 saturated carbocycles. The van der Waals surface area contributed by atoms with Gasteiger partial charge in [-0.15, -0.1) is 0 Å². The van der Waals surface area contributed by atoms with Crippen molar-refractivity contribution in [3.05, 3.63) is 24.2 Å². The third-order valence-electron chi connectivity index (χ3n) is 3.47. The first-order valence-electron chi connectivity index (χ1n) is 6.20. The van der Waals surface area contributed by atoms with Gasteiger partial charge in [0, 0.05) is 24.7 Å². The predicted octanol–water partition coefficient (Wildman–Crippen LogP) is 1.31. The summed E-state index contributed by atoms with van der Waals surface area (Å²) in [5.41, 5.74) is 0.00178. The molecule has 100 valence electrons. The molecule has 1 unspecified atom stereocenters. The molecule has 1 aliphatic rings. The average molecular weight is 252 g/mol. The van der Waals surface area contributed by atoms with Gasteiger partial charge in [0.25, 0.3) is 0 Å². The lowest BCUT2D eigenvalue weighted by molar-refractivity contribution is -0.138. The molecule has 2 N–H and O–H groups in total. The van der Waals surface area contributed by atoms with Gasteiger partial charge in [-0.1, -0.05) is 0 Å². The normalized spacial score (nSPS) is 24.0. The lowest BCUT2D eigenvalue weighted by Crippen LogP contribution is -2.61. The Bertz CT molecular complexity index is 400. The minimum Gasteiger partial charge on any atom is -0.481 e. The number of nitrogens with one attached hydrogen (secondary N) is 1. The summed E-state index contributed by atoms with van der Waals surface area (Å²) in [5, 5.41) is 12.2. The van der Waals surface area contributed by atoms with Crippen LogP contribution < -0.4 is 5.32 Å². The van der Waals surface area contributed by atoms with Crippen molar-refractivity contribution in [2.75, 3.05) is 13.1 Å². The van der Waals surface area contributed by atoms with Crippen LogP contribution in [-0.4, -0.2) is 40.6 Å². The Hall–Kier alpha value is -1.33. The van der Waals surface area contributed by atoms with Crippen LogP contribution in [-0.2, 0) is 11.3 Å². The minimum atomic E-state index is -0.759. The predicted molar refractivity (Wildman–Crippen MR) is 67.2 cm³/mol. The Balaban J connectivity index is 2.02. The van der Waals surface area contributed by atoms with E-state index in [1.54, 1.807) is 6.26 Å². The largest absolute Gasteiger partial charge is 0.481 e. The van der Waals surface area contributed by atoms with E-state index in [2.05, 4.69) is 24.1 Å².